The number of furan rings is 1. The molecule has 1 aromatic rings. The molecule has 0 saturated heterocycles. The van der Waals surface area contributed by atoms with Crippen molar-refractivity contribution in [2.24, 2.45) is 0 Å². The molecule has 0 aliphatic carbocycles. The van der Waals surface area contributed by atoms with Crippen LogP contribution in [-0.2, 0) is 6.54 Å². The first-order chi connectivity index (χ1) is 6.09. The van der Waals surface area contributed by atoms with Crippen LogP contribution >= 0.6 is 0 Å². The van der Waals surface area contributed by atoms with Crippen molar-refractivity contribution in [2.75, 3.05) is 0 Å². The largest absolute Gasteiger partial charge is 0.465 e. The van der Waals surface area contributed by atoms with Crippen molar-refractivity contribution in [3.63, 3.8) is 0 Å². The van der Waals surface area contributed by atoms with E-state index in [0.29, 0.717) is 12.3 Å². The Morgan fingerprint density at radius 3 is 2.62 bits per heavy atom. The summed E-state index contributed by atoms with van der Waals surface area (Å²) in [4.78, 5) is 0. The monoisotopic (exact) mass is 189 g/mol. The Balaban J connectivity index is 2.35. The lowest BCUT2D eigenvalue weighted by atomic mass is 10.3. The van der Waals surface area contributed by atoms with Gasteiger partial charge in [0.1, 0.15) is 11.5 Å². The standard InChI is InChI=1S/C9H13F2NO/c1-6-3-4-8(13-6)5-12-7(2)9(10)11/h3-4,7,9,12H,5H2,1-2H3. The predicted molar refractivity (Wildman–Crippen MR) is 45.8 cm³/mol. The quantitative estimate of drug-likeness (QED) is 0.786. The molecule has 0 radical (unpaired) electrons. The number of aryl methyl sites for hydroxylation is 1. The van der Waals surface area contributed by atoms with Crippen molar-refractivity contribution < 1.29 is 13.2 Å². The van der Waals surface area contributed by atoms with Crippen LogP contribution in [0.15, 0.2) is 16.5 Å². The summed E-state index contributed by atoms with van der Waals surface area (Å²) in [5, 5.41) is 2.67. The minimum Gasteiger partial charge on any atom is -0.465 e. The molecule has 1 aromatic heterocycles. The first kappa shape index (κ1) is 10.2. The van der Waals surface area contributed by atoms with Crippen molar-refractivity contribution in [1.82, 2.24) is 5.32 Å². The highest BCUT2D eigenvalue weighted by atomic mass is 19.3. The van der Waals surface area contributed by atoms with E-state index >= 15 is 0 Å². The minimum atomic E-state index is -2.34. The smallest absolute Gasteiger partial charge is 0.253 e. The van der Waals surface area contributed by atoms with Crippen molar-refractivity contribution in [3.8, 4) is 0 Å². The summed E-state index contributed by atoms with van der Waals surface area (Å²) in [5.74, 6) is 1.48. The lowest BCUT2D eigenvalue weighted by Crippen LogP contribution is -2.31. The van der Waals surface area contributed by atoms with Gasteiger partial charge >= 0.3 is 0 Å². The number of hydrogen-bond donors (Lipinski definition) is 1. The van der Waals surface area contributed by atoms with Gasteiger partial charge in [0.15, 0.2) is 0 Å². The molecular weight excluding hydrogens is 176 g/mol. The average molecular weight is 189 g/mol. The minimum absolute atomic E-state index is 0.347. The number of alkyl halides is 2. The van der Waals surface area contributed by atoms with Crippen LogP contribution in [0.3, 0.4) is 0 Å². The van der Waals surface area contributed by atoms with Crippen LogP contribution in [0.5, 0.6) is 0 Å². The molecule has 0 fully saturated rings. The van der Waals surface area contributed by atoms with Gasteiger partial charge in [0.2, 0.25) is 0 Å². The highest BCUT2D eigenvalue weighted by Gasteiger charge is 2.13. The van der Waals surface area contributed by atoms with E-state index in [1.54, 1.807) is 6.07 Å². The van der Waals surface area contributed by atoms with E-state index in [-0.39, 0.29) is 0 Å². The third-order valence-corrected chi connectivity index (χ3v) is 1.77. The number of hydrogen-bond acceptors (Lipinski definition) is 2. The van der Waals surface area contributed by atoms with E-state index in [0.717, 1.165) is 5.76 Å². The van der Waals surface area contributed by atoms with Crippen LogP contribution in [0.1, 0.15) is 18.4 Å². The second kappa shape index (κ2) is 4.37. The molecule has 0 aliphatic rings. The molecule has 0 bridgehead atoms. The first-order valence-electron chi connectivity index (χ1n) is 4.16. The Morgan fingerprint density at radius 1 is 1.46 bits per heavy atom. The first-order valence-corrected chi connectivity index (χ1v) is 4.16. The Bertz CT molecular complexity index is 260. The molecule has 0 aliphatic heterocycles. The summed E-state index contributed by atoms with van der Waals surface area (Å²) in [6.07, 6.45) is -2.34. The molecular formula is C9H13F2NO. The Labute approximate surface area is 75.9 Å². The molecule has 0 spiro atoms. The summed E-state index contributed by atoms with van der Waals surface area (Å²) in [7, 11) is 0. The highest BCUT2D eigenvalue weighted by molar-refractivity contribution is 5.05. The van der Waals surface area contributed by atoms with E-state index in [1.165, 1.54) is 6.92 Å². The molecule has 1 atom stereocenters. The van der Waals surface area contributed by atoms with Crippen LogP contribution in [0, 0.1) is 6.92 Å². The van der Waals surface area contributed by atoms with Crippen LogP contribution in [0.25, 0.3) is 0 Å². The molecule has 13 heavy (non-hydrogen) atoms. The van der Waals surface area contributed by atoms with E-state index < -0.39 is 12.5 Å². The fraction of sp³-hybridized carbons (Fsp3) is 0.556. The van der Waals surface area contributed by atoms with Crippen LogP contribution < -0.4 is 5.32 Å². The second-order valence-corrected chi connectivity index (χ2v) is 3.02. The maximum Gasteiger partial charge on any atom is 0.253 e. The molecule has 1 heterocycles. The third-order valence-electron chi connectivity index (χ3n) is 1.77. The number of halogens is 2. The van der Waals surface area contributed by atoms with Gasteiger partial charge < -0.3 is 9.73 Å². The van der Waals surface area contributed by atoms with Crippen molar-refractivity contribution in [2.45, 2.75) is 32.9 Å². The van der Waals surface area contributed by atoms with Crippen molar-refractivity contribution in [1.29, 1.82) is 0 Å². The molecule has 1 N–H and O–H groups in total. The molecule has 4 heteroatoms. The summed E-state index contributed by atoms with van der Waals surface area (Å²) in [5.41, 5.74) is 0. The zero-order valence-corrected chi connectivity index (χ0v) is 7.68. The lowest BCUT2D eigenvalue weighted by Gasteiger charge is -2.10. The van der Waals surface area contributed by atoms with E-state index in [9.17, 15) is 8.78 Å². The number of rotatable bonds is 4. The summed E-state index contributed by atoms with van der Waals surface area (Å²) < 4.78 is 29.3. The van der Waals surface area contributed by atoms with Crippen molar-refractivity contribution in [3.05, 3.63) is 23.7 Å². The zero-order valence-electron chi connectivity index (χ0n) is 7.68. The summed E-state index contributed by atoms with van der Waals surface area (Å²) >= 11 is 0. The lowest BCUT2D eigenvalue weighted by molar-refractivity contribution is 0.104. The normalized spacial score (nSPS) is 13.6. The third kappa shape index (κ3) is 3.14. The Morgan fingerprint density at radius 2 is 2.15 bits per heavy atom. The van der Waals surface area contributed by atoms with Gasteiger partial charge in [0.25, 0.3) is 6.43 Å². The SMILES string of the molecule is Cc1ccc(CNC(C)C(F)F)o1. The fourth-order valence-electron chi connectivity index (χ4n) is 0.931. The van der Waals surface area contributed by atoms with Gasteiger partial charge in [-0.2, -0.15) is 0 Å². The van der Waals surface area contributed by atoms with Crippen molar-refractivity contribution >= 4 is 0 Å². The topological polar surface area (TPSA) is 25.2 Å². The molecule has 1 unspecified atom stereocenters. The zero-order chi connectivity index (χ0) is 9.84. The Kier molecular flexibility index (Phi) is 3.42. The van der Waals surface area contributed by atoms with E-state index in [2.05, 4.69) is 5.32 Å². The van der Waals surface area contributed by atoms with Gasteiger partial charge in [-0.3, -0.25) is 0 Å². The molecule has 0 saturated carbocycles. The van der Waals surface area contributed by atoms with Gasteiger partial charge in [0, 0.05) is 0 Å². The molecule has 1 rings (SSSR count). The Hall–Kier alpha value is -0.900. The molecule has 0 aromatic carbocycles. The average Bonchev–Trinajstić information content (AvgIpc) is 2.47. The van der Waals surface area contributed by atoms with Gasteiger partial charge in [-0.1, -0.05) is 0 Å². The molecule has 0 amide bonds. The van der Waals surface area contributed by atoms with Gasteiger partial charge in [-0.25, -0.2) is 8.78 Å². The summed E-state index contributed by atoms with van der Waals surface area (Å²) in [6.45, 7) is 3.61. The van der Waals surface area contributed by atoms with Crippen LogP contribution in [-0.4, -0.2) is 12.5 Å². The van der Waals surface area contributed by atoms with Crippen LogP contribution in [0.4, 0.5) is 8.78 Å². The predicted octanol–water partition coefficient (Wildman–Crippen LogP) is 2.33. The summed E-state index contributed by atoms with van der Waals surface area (Å²) in [6, 6.07) is 2.79. The fourth-order valence-corrected chi connectivity index (χ4v) is 0.931. The maximum absolute atomic E-state index is 12.0. The van der Waals surface area contributed by atoms with E-state index in [4.69, 9.17) is 4.42 Å². The molecule has 74 valence electrons. The van der Waals surface area contributed by atoms with Gasteiger partial charge in [-0.05, 0) is 26.0 Å². The second-order valence-electron chi connectivity index (χ2n) is 3.02. The number of nitrogens with one attached hydrogen (secondary N) is 1. The van der Waals surface area contributed by atoms with E-state index in [1.807, 2.05) is 13.0 Å². The van der Waals surface area contributed by atoms with Crippen LogP contribution in [0.2, 0.25) is 0 Å². The molecule has 2 nitrogen and oxygen atoms in total. The highest BCUT2D eigenvalue weighted by Crippen LogP contribution is 2.07. The van der Waals surface area contributed by atoms with Gasteiger partial charge in [0.05, 0.1) is 12.6 Å². The maximum atomic E-state index is 12.0. The van der Waals surface area contributed by atoms with Gasteiger partial charge in [-0.15, -0.1) is 0 Å².